The fourth-order valence-electron chi connectivity index (χ4n) is 4.11. The highest BCUT2D eigenvalue weighted by Gasteiger charge is 2.43. The second-order valence-corrected chi connectivity index (χ2v) is 9.07. The Hall–Kier alpha value is -2.89. The van der Waals surface area contributed by atoms with Crippen LogP contribution in [0.3, 0.4) is 0 Å². The van der Waals surface area contributed by atoms with Crippen LogP contribution in [0.4, 0.5) is 5.69 Å². The zero-order valence-electron chi connectivity index (χ0n) is 16.8. The Morgan fingerprint density at radius 3 is 2.45 bits per heavy atom. The number of rotatable bonds is 2. The van der Waals surface area contributed by atoms with E-state index < -0.39 is 6.04 Å². The maximum atomic E-state index is 13.7. The van der Waals surface area contributed by atoms with Crippen LogP contribution in [0.15, 0.2) is 74.3 Å². The standard InChI is InChI=1S/C25H17BrClNO3/c1-13-9-19-20(10-14(13)2)31-24-21(23(19)29)22(15-5-3-6-16(26)11-15)28(25(24)30)18-8-4-7-17(27)12-18/h3-12,22H,1-2H3. The first-order valence-electron chi connectivity index (χ1n) is 9.77. The molecule has 0 saturated carbocycles. The van der Waals surface area contributed by atoms with Gasteiger partial charge in [0, 0.05) is 15.2 Å². The number of anilines is 1. The molecule has 3 aromatic carbocycles. The van der Waals surface area contributed by atoms with Crippen molar-refractivity contribution in [3.05, 3.63) is 108 Å². The lowest BCUT2D eigenvalue weighted by Gasteiger charge is -2.25. The molecule has 4 aromatic rings. The van der Waals surface area contributed by atoms with Crippen LogP contribution in [0.2, 0.25) is 5.02 Å². The van der Waals surface area contributed by atoms with Crippen molar-refractivity contribution in [1.82, 2.24) is 0 Å². The summed E-state index contributed by atoms with van der Waals surface area (Å²) in [6, 6.07) is 17.7. The predicted octanol–water partition coefficient (Wildman–Crippen LogP) is 6.58. The van der Waals surface area contributed by atoms with Gasteiger partial charge in [-0.1, -0.05) is 45.7 Å². The van der Waals surface area contributed by atoms with Crippen LogP contribution in [0.25, 0.3) is 11.0 Å². The second kappa shape index (κ2) is 7.36. The number of hydrogen-bond acceptors (Lipinski definition) is 3. The van der Waals surface area contributed by atoms with Gasteiger partial charge in [0.1, 0.15) is 5.58 Å². The molecule has 0 N–H and O–H groups in total. The van der Waals surface area contributed by atoms with Crippen molar-refractivity contribution < 1.29 is 9.21 Å². The third kappa shape index (κ3) is 3.20. The maximum absolute atomic E-state index is 13.7. The van der Waals surface area contributed by atoms with Gasteiger partial charge in [-0.05, 0) is 73.0 Å². The summed E-state index contributed by atoms with van der Waals surface area (Å²) in [5, 5.41) is 0.979. The molecule has 0 spiro atoms. The lowest BCUT2D eigenvalue weighted by atomic mass is 9.97. The SMILES string of the molecule is Cc1cc2oc3c(c(=O)c2cc1C)C(c1cccc(Br)c1)N(c1cccc(Cl)c1)C3=O. The van der Waals surface area contributed by atoms with Crippen molar-refractivity contribution in [3.63, 3.8) is 0 Å². The van der Waals surface area contributed by atoms with E-state index >= 15 is 0 Å². The molecule has 0 radical (unpaired) electrons. The molecular formula is C25H17BrClNO3. The van der Waals surface area contributed by atoms with Crippen molar-refractivity contribution in [1.29, 1.82) is 0 Å². The van der Waals surface area contributed by atoms with Gasteiger partial charge in [0.25, 0.3) is 5.91 Å². The normalized spacial score (nSPS) is 15.5. The van der Waals surface area contributed by atoms with Crippen LogP contribution in [0, 0.1) is 13.8 Å². The molecule has 1 unspecified atom stereocenters. The molecule has 0 saturated heterocycles. The minimum atomic E-state index is -0.624. The molecule has 1 atom stereocenters. The molecular weight excluding hydrogens is 478 g/mol. The van der Waals surface area contributed by atoms with Gasteiger partial charge in [-0.25, -0.2) is 0 Å². The van der Waals surface area contributed by atoms with Gasteiger partial charge in [0.15, 0.2) is 5.43 Å². The van der Waals surface area contributed by atoms with Crippen LogP contribution < -0.4 is 10.3 Å². The zero-order chi connectivity index (χ0) is 21.9. The summed E-state index contributed by atoms with van der Waals surface area (Å²) < 4.78 is 6.92. The van der Waals surface area contributed by atoms with Crippen LogP contribution in [-0.2, 0) is 0 Å². The second-order valence-electron chi connectivity index (χ2n) is 7.72. The minimum Gasteiger partial charge on any atom is -0.450 e. The van der Waals surface area contributed by atoms with E-state index in [1.807, 2.05) is 50.2 Å². The van der Waals surface area contributed by atoms with Crippen LogP contribution in [0.1, 0.15) is 38.9 Å². The molecule has 4 nitrogen and oxygen atoms in total. The lowest BCUT2D eigenvalue weighted by molar-refractivity contribution is 0.0971. The molecule has 1 aliphatic rings. The van der Waals surface area contributed by atoms with Crippen LogP contribution in [-0.4, -0.2) is 5.91 Å². The smallest absolute Gasteiger partial charge is 0.295 e. The maximum Gasteiger partial charge on any atom is 0.295 e. The summed E-state index contributed by atoms with van der Waals surface area (Å²) >= 11 is 9.72. The molecule has 5 rings (SSSR count). The predicted molar refractivity (Wildman–Crippen MR) is 126 cm³/mol. The van der Waals surface area contributed by atoms with E-state index in [0.717, 1.165) is 21.2 Å². The number of carbonyl (C=O) groups is 1. The molecule has 2 heterocycles. The van der Waals surface area contributed by atoms with Crippen molar-refractivity contribution in [2.24, 2.45) is 0 Å². The Balaban J connectivity index is 1.85. The zero-order valence-corrected chi connectivity index (χ0v) is 19.1. The summed E-state index contributed by atoms with van der Waals surface area (Å²) in [6.45, 7) is 3.91. The average Bonchev–Trinajstić information content (AvgIpc) is 3.02. The number of nitrogens with zero attached hydrogens (tertiary/aromatic N) is 1. The molecule has 0 bridgehead atoms. The Morgan fingerprint density at radius 2 is 1.71 bits per heavy atom. The lowest BCUT2D eigenvalue weighted by Crippen LogP contribution is -2.29. The van der Waals surface area contributed by atoms with Gasteiger partial charge < -0.3 is 4.42 Å². The molecule has 1 amide bonds. The highest BCUT2D eigenvalue weighted by atomic mass is 79.9. The summed E-state index contributed by atoms with van der Waals surface area (Å²) in [5.74, 6) is -0.287. The Morgan fingerprint density at radius 1 is 0.968 bits per heavy atom. The molecule has 1 aromatic heterocycles. The largest absolute Gasteiger partial charge is 0.450 e. The van der Waals surface area contributed by atoms with Crippen molar-refractivity contribution >= 4 is 50.1 Å². The van der Waals surface area contributed by atoms with E-state index in [9.17, 15) is 9.59 Å². The fourth-order valence-corrected chi connectivity index (χ4v) is 4.71. The number of benzene rings is 3. The third-order valence-corrected chi connectivity index (χ3v) is 6.47. The summed E-state index contributed by atoms with van der Waals surface area (Å²) in [5.41, 5.74) is 3.97. The number of aryl methyl sites for hydroxylation is 2. The van der Waals surface area contributed by atoms with E-state index in [-0.39, 0.29) is 17.1 Å². The van der Waals surface area contributed by atoms with Gasteiger partial charge in [-0.2, -0.15) is 0 Å². The highest BCUT2D eigenvalue weighted by Crippen LogP contribution is 2.42. The first kappa shape index (κ1) is 20.0. The fraction of sp³-hybridized carbons (Fsp3) is 0.120. The summed E-state index contributed by atoms with van der Waals surface area (Å²) in [4.78, 5) is 28.8. The van der Waals surface area contributed by atoms with Gasteiger partial charge in [0.2, 0.25) is 5.76 Å². The number of hydrogen-bond donors (Lipinski definition) is 0. The van der Waals surface area contributed by atoms with Gasteiger partial charge in [-0.3, -0.25) is 14.5 Å². The number of fused-ring (bicyclic) bond motifs is 2. The van der Waals surface area contributed by atoms with Crippen molar-refractivity contribution in [3.8, 4) is 0 Å². The number of halogens is 2. The summed E-state index contributed by atoms with van der Waals surface area (Å²) in [6.07, 6.45) is 0. The number of carbonyl (C=O) groups excluding carboxylic acids is 1. The molecule has 0 aliphatic carbocycles. The molecule has 1 aliphatic heterocycles. The topological polar surface area (TPSA) is 50.5 Å². The van der Waals surface area contributed by atoms with E-state index in [4.69, 9.17) is 16.0 Å². The quantitative estimate of drug-likeness (QED) is 0.316. The van der Waals surface area contributed by atoms with Crippen molar-refractivity contribution in [2.75, 3.05) is 4.90 Å². The van der Waals surface area contributed by atoms with E-state index in [1.54, 1.807) is 29.2 Å². The van der Waals surface area contributed by atoms with Gasteiger partial charge in [-0.15, -0.1) is 0 Å². The van der Waals surface area contributed by atoms with Crippen LogP contribution >= 0.6 is 27.5 Å². The van der Waals surface area contributed by atoms with Gasteiger partial charge >= 0.3 is 0 Å². The van der Waals surface area contributed by atoms with Crippen molar-refractivity contribution in [2.45, 2.75) is 19.9 Å². The molecule has 0 fully saturated rings. The van der Waals surface area contributed by atoms with E-state index in [1.165, 1.54) is 0 Å². The van der Waals surface area contributed by atoms with E-state index in [0.29, 0.717) is 27.2 Å². The first-order chi connectivity index (χ1) is 14.8. The van der Waals surface area contributed by atoms with E-state index in [2.05, 4.69) is 15.9 Å². The molecule has 6 heteroatoms. The Kier molecular flexibility index (Phi) is 4.76. The monoisotopic (exact) mass is 493 g/mol. The third-order valence-electron chi connectivity index (χ3n) is 5.74. The Bertz CT molecular complexity index is 1440. The Labute approximate surface area is 192 Å². The summed E-state index contributed by atoms with van der Waals surface area (Å²) in [7, 11) is 0. The molecule has 31 heavy (non-hydrogen) atoms. The number of amides is 1. The average molecular weight is 495 g/mol. The van der Waals surface area contributed by atoms with Gasteiger partial charge in [0.05, 0.1) is 17.0 Å². The van der Waals surface area contributed by atoms with Crippen LogP contribution in [0.5, 0.6) is 0 Å². The first-order valence-corrected chi connectivity index (χ1v) is 10.9. The minimum absolute atomic E-state index is 0.0747. The highest BCUT2D eigenvalue weighted by molar-refractivity contribution is 9.10. The molecule has 154 valence electrons.